The van der Waals surface area contributed by atoms with Gasteiger partial charge in [-0.15, -0.1) is 0 Å². The van der Waals surface area contributed by atoms with Crippen LogP contribution in [0.2, 0.25) is 0 Å². The number of amides is 1. The van der Waals surface area contributed by atoms with Gasteiger partial charge >= 0.3 is 5.97 Å². The van der Waals surface area contributed by atoms with Gasteiger partial charge in [-0.25, -0.2) is 4.79 Å². The van der Waals surface area contributed by atoms with Crippen LogP contribution in [-0.2, 0) is 9.59 Å². The lowest BCUT2D eigenvalue weighted by Gasteiger charge is -2.10. The second-order valence-electron chi connectivity index (χ2n) is 4.04. The van der Waals surface area contributed by atoms with Crippen LogP contribution in [0.15, 0.2) is 34.2 Å². The van der Waals surface area contributed by atoms with E-state index in [4.69, 9.17) is 15.6 Å². The number of aliphatic carboxylic acids is 1. The first-order chi connectivity index (χ1) is 9.45. The van der Waals surface area contributed by atoms with Crippen LogP contribution in [0.25, 0.3) is 6.08 Å². The van der Waals surface area contributed by atoms with Gasteiger partial charge in [0.05, 0.1) is 4.91 Å². The highest BCUT2D eigenvalue weighted by atomic mass is 32.2. The van der Waals surface area contributed by atoms with Crippen LogP contribution in [-0.4, -0.2) is 28.3 Å². The highest BCUT2D eigenvalue weighted by Crippen LogP contribution is 2.27. The van der Waals surface area contributed by atoms with Crippen molar-refractivity contribution in [2.24, 2.45) is 10.7 Å². The van der Waals surface area contributed by atoms with Gasteiger partial charge in [0, 0.05) is 0 Å². The molecule has 0 radical (unpaired) electrons. The van der Waals surface area contributed by atoms with Gasteiger partial charge in [0.15, 0.2) is 11.3 Å². The molecule has 0 spiro atoms. The molecule has 1 amide bonds. The molecule has 3 N–H and O–H groups in total. The molecule has 0 aliphatic carbocycles. The normalized spacial score (nSPS) is 17.9. The summed E-state index contributed by atoms with van der Waals surface area (Å²) in [5, 5.41) is 9.01. The van der Waals surface area contributed by atoms with Gasteiger partial charge in [-0.1, -0.05) is 12.1 Å². The number of rotatable bonds is 4. The summed E-state index contributed by atoms with van der Waals surface area (Å²) in [6.07, 6.45) is 0.689. The van der Waals surface area contributed by atoms with Crippen LogP contribution < -0.4 is 10.5 Å². The number of aliphatic imine (C=N–C) groups is 1. The van der Waals surface area contributed by atoms with Gasteiger partial charge in [0.2, 0.25) is 0 Å². The monoisotopic (exact) mass is 292 g/mol. The SMILES string of the molecule is CC(Oc1cccc(/C=C2\SC(N)=NC2=O)c1)C(=O)O. The average molecular weight is 292 g/mol. The number of carbonyl (C=O) groups is 2. The van der Waals surface area contributed by atoms with Crippen molar-refractivity contribution in [3.8, 4) is 5.75 Å². The molecule has 0 fully saturated rings. The molecular formula is C13H12N2O4S. The van der Waals surface area contributed by atoms with Crippen LogP contribution in [0.1, 0.15) is 12.5 Å². The van der Waals surface area contributed by atoms with E-state index in [1.165, 1.54) is 6.92 Å². The van der Waals surface area contributed by atoms with Crippen molar-refractivity contribution in [3.05, 3.63) is 34.7 Å². The predicted octanol–water partition coefficient (Wildman–Crippen LogP) is 1.47. The number of amidine groups is 1. The highest BCUT2D eigenvalue weighted by Gasteiger charge is 2.19. The van der Waals surface area contributed by atoms with Crippen LogP contribution >= 0.6 is 11.8 Å². The van der Waals surface area contributed by atoms with E-state index in [-0.39, 0.29) is 11.1 Å². The van der Waals surface area contributed by atoms with Crippen molar-refractivity contribution in [2.45, 2.75) is 13.0 Å². The standard InChI is InChI=1S/C13H12N2O4S/c1-7(12(17)18)19-9-4-2-3-8(5-9)6-10-11(16)15-13(14)20-10/h2-7H,1H3,(H,17,18)(H2,14,15,16)/b10-6-. The second kappa shape index (κ2) is 5.79. The van der Waals surface area contributed by atoms with Crippen molar-refractivity contribution >= 4 is 34.9 Å². The smallest absolute Gasteiger partial charge is 0.344 e. The van der Waals surface area contributed by atoms with Crippen molar-refractivity contribution in [1.82, 2.24) is 0 Å². The fraction of sp³-hybridized carbons (Fsp3) is 0.154. The van der Waals surface area contributed by atoms with E-state index in [1.54, 1.807) is 30.3 Å². The molecule has 0 saturated carbocycles. The maximum absolute atomic E-state index is 11.5. The van der Waals surface area contributed by atoms with Crippen molar-refractivity contribution in [1.29, 1.82) is 0 Å². The first-order valence-electron chi connectivity index (χ1n) is 5.73. The van der Waals surface area contributed by atoms with Crippen LogP contribution in [0, 0.1) is 0 Å². The number of thioether (sulfide) groups is 1. The maximum atomic E-state index is 11.5. The van der Waals surface area contributed by atoms with E-state index in [9.17, 15) is 9.59 Å². The molecule has 20 heavy (non-hydrogen) atoms. The number of carbonyl (C=O) groups excluding carboxylic acids is 1. The van der Waals surface area contributed by atoms with Gasteiger partial charge in [-0.2, -0.15) is 4.99 Å². The van der Waals surface area contributed by atoms with Crippen molar-refractivity contribution in [2.75, 3.05) is 0 Å². The lowest BCUT2D eigenvalue weighted by Crippen LogP contribution is -2.22. The summed E-state index contributed by atoms with van der Waals surface area (Å²) in [7, 11) is 0. The number of nitrogens with zero attached hydrogens (tertiary/aromatic N) is 1. The molecule has 0 bridgehead atoms. The van der Waals surface area contributed by atoms with E-state index < -0.39 is 12.1 Å². The summed E-state index contributed by atoms with van der Waals surface area (Å²) in [6, 6.07) is 6.78. The Kier molecular flexibility index (Phi) is 4.09. The van der Waals surface area contributed by atoms with Crippen molar-refractivity contribution < 1.29 is 19.4 Å². The molecule has 6 nitrogen and oxygen atoms in total. The number of carboxylic acids is 1. The summed E-state index contributed by atoms with van der Waals surface area (Å²) in [4.78, 5) is 26.2. The summed E-state index contributed by atoms with van der Waals surface area (Å²) in [5.41, 5.74) is 6.17. The molecule has 2 rings (SSSR count). The third-order valence-corrected chi connectivity index (χ3v) is 3.27. The predicted molar refractivity (Wildman–Crippen MR) is 76.4 cm³/mol. The Bertz CT molecular complexity index is 625. The summed E-state index contributed by atoms with van der Waals surface area (Å²) < 4.78 is 5.25. The van der Waals surface area contributed by atoms with E-state index >= 15 is 0 Å². The molecule has 0 saturated heterocycles. The zero-order valence-electron chi connectivity index (χ0n) is 10.6. The first-order valence-corrected chi connectivity index (χ1v) is 6.55. The number of nitrogens with two attached hydrogens (primary N) is 1. The molecule has 7 heteroatoms. The lowest BCUT2D eigenvalue weighted by molar-refractivity contribution is -0.144. The molecule has 1 aromatic carbocycles. The summed E-state index contributed by atoms with van der Waals surface area (Å²) in [6.45, 7) is 1.44. The Morgan fingerprint density at radius 1 is 1.55 bits per heavy atom. The van der Waals surface area contributed by atoms with Crippen LogP contribution in [0.5, 0.6) is 5.75 Å². The molecule has 1 aliphatic rings. The molecule has 1 unspecified atom stereocenters. The quantitative estimate of drug-likeness (QED) is 0.815. The van der Waals surface area contributed by atoms with Gasteiger partial charge in [-0.05, 0) is 42.5 Å². The zero-order chi connectivity index (χ0) is 14.7. The zero-order valence-corrected chi connectivity index (χ0v) is 11.4. The Balaban J connectivity index is 2.17. The third kappa shape index (κ3) is 3.39. The third-order valence-electron chi connectivity index (χ3n) is 2.45. The molecule has 1 heterocycles. The first kappa shape index (κ1) is 14.1. The molecule has 1 aromatic rings. The fourth-order valence-corrected chi connectivity index (χ4v) is 2.19. The van der Waals surface area contributed by atoms with E-state index in [0.717, 1.165) is 11.8 Å². The highest BCUT2D eigenvalue weighted by molar-refractivity contribution is 8.18. The molecule has 104 valence electrons. The largest absolute Gasteiger partial charge is 0.479 e. The Morgan fingerprint density at radius 2 is 2.30 bits per heavy atom. The van der Waals surface area contributed by atoms with Crippen molar-refractivity contribution in [3.63, 3.8) is 0 Å². The molecule has 1 atom stereocenters. The minimum Gasteiger partial charge on any atom is -0.479 e. The van der Waals surface area contributed by atoms with Crippen LogP contribution in [0.4, 0.5) is 0 Å². The maximum Gasteiger partial charge on any atom is 0.344 e. The number of ether oxygens (including phenoxy) is 1. The lowest BCUT2D eigenvalue weighted by atomic mass is 10.2. The summed E-state index contributed by atoms with van der Waals surface area (Å²) in [5.74, 6) is -1.01. The minimum absolute atomic E-state index is 0.216. The molecule has 1 aliphatic heterocycles. The van der Waals surface area contributed by atoms with Gasteiger partial charge < -0.3 is 15.6 Å². The second-order valence-corrected chi connectivity index (χ2v) is 5.10. The molecule has 0 aromatic heterocycles. The molecular weight excluding hydrogens is 280 g/mol. The van der Waals surface area contributed by atoms with Crippen LogP contribution in [0.3, 0.4) is 0 Å². The van der Waals surface area contributed by atoms with E-state index in [1.807, 2.05) is 0 Å². The number of hydrogen-bond acceptors (Lipinski definition) is 5. The van der Waals surface area contributed by atoms with E-state index in [0.29, 0.717) is 16.2 Å². The number of carboxylic acid groups (broad SMARTS) is 1. The minimum atomic E-state index is -1.04. The van der Waals surface area contributed by atoms with E-state index in [2.05, 4.69) is 4.99 Å². The fourth-order valence-electron chi connectivity index (χ4n) is 1.51. The Labute approximate surface area is 119 Å². The number of benzene rings is 1. The topological polar surface area (TPSA) is 102 Å². The number of hydrogen-bond donors (Lipinski definition) is 2. The Morgan fingerprint density at radius 3 is 2.90 bits per heavy atom. The van der Waals surface area contributed by atoms with Gasteiger partial charge in [-0.3, -0.25) is 4.79 Å². The van der Waals surface area contributed by atoms with Gasteiger partial charge in [0.1, 0.15) is 5.75 Å². The average Bonchev–Trinajstić information content (AvgIpc) is 2.68. The Hall–Kier alpha value is -2.28. The summed E-state index contributed by atoms with van der Waals surface area (Å²) >= 11 is 1.10. The van der Waals surface area contributed by atoms with Gasteiger partial charge in [0.25, 0.3) is 5.91 Å².